The summed E-state index contributed by atoms with van der Waals surface area (Å²) >= 11 is 0. The lowest BCUT2D eigenvalue weighted by molar-refractivity contribution is -0.0451. The van der Waals surface area contributed by atoms with E-state index in [9.17, 15) is 5.11 Å². The number of aromatic nitrogens is 7. The van der Waals surface area contributed by atoms with Crippen LogP contribution < -0.4 is 4.74 Å². The maximum atomic E-state index is 15.1. The molecular formula is C21H24FN7O2. The van der Waals surface area contributed by atoms with Gasteiger partial charge in [0.25, 0.3) is 0 Å². The summed E-state index contributed by atoms with van der Waals surface area (Å²) in [6, 6.07) is 4.96. The number of phenols is 1. The summed E-state index contributed by atoms with van der Waals surface area (Å²) in [4.78, 5) is 5.54. The summed E-state index contributed by atoms with van der Waals surface area (Å²) in [7, 11) is 0. The van der Waals surface area contributed by atoms with Crippen molar-refractivity contribution in [2.75, 3.05) is 0 Å². The number of tetrazole rings is 1. The first kappa shape index (κ1) is 19.8. The molecule has 0 spiro atoms. The highest BCUT2D eigenvalue weighted by Gasteiger charge is 2.56. The van der Waals surface area contributed by atoms with E-state index in [1.165, 1.54) is 17.1 Å². The molecule has 0 radical (unpaired) electrons. The lowest BCUT2D eigenvalue weighted by atomic mass is 9.68. The van der Waals surface area contributed by atoms with E-state index in [1.54, 1.807) is 19.1 Å². The minimum Gasteiger partial charge on any atom is -0.507 e. The third-order valence-electron chi connectivity index (χ3n) is 6.62. The fourth-order valence-electron chi connectivity index (χ4n) is 5.12. The molecule has 0 unspecified atom stereocenters. The lowest BCUT2D eigenvalue weighted by Crippen LogP contribution is -2.46. The van der Waals surface area contributed by atoms with Crippen LogP contribution in [0.4, 0.5) is 4.39 Å². The van der Waals surface area contributed by atoms with Crippen molar-refractivity contribution in [2.45, 2.75) is 58.7 Å². The Bertz CT molecular complexity index is 1120. The molecule has 31 heavy (non-hydrogen) atoms. The van der Waals surface area contributed by atoms with Crippen LogP contribution in [0, 0.1) is 17.8 Å². The van der Waals surface area contributed by atoms with Gasteiger partial charge in [0.1, 0.15) is 23.7 Å². The van der Waals surface area contributed by atoms with Crippen molar-refractivity contribution in [1.82, 2.24) is 35.4 Å². The molecule has 3 aromatic rings. The fourth-order valence-corrected chi connectivity index (χ4v) is 5.12. The summed E-state index contributed by atoms with van der Waals surface area (Å²) in [5.74, 6) is 0.504. The molecule has 2 bridgehead atoms. The molecule has 2 saturated carbocycles. The van der Waals surface area contributed by atoms with Crippen LogP contribution in [-0.4, -0.2) is 52.8 Å². The molecule has 9 nitrogen and oxygen atoms in total. The van der Waals surface area contributed by atoms with Crippen molar-refractivity contribution < 1.29 is 14.2 Å². The van der Waals surface area contributed by atoms with Gasteiger partial charge in [-0.3, -0.25) is 0 Å². The van der Waals surface area contributed by atoms with Crippen LogP contribution in [0.15, 0.2) is 24.4 Å². The molecule has 5 rings (SSSR count). The van der Waals surface area contributed by atoms with Crippen molar-refractivity contribution in [3.63, 3.8) is 0 Å². The third kappa shape index (κ3) is 3.49. The zero-order valence-corrected chi connectivity index (χ0v) is 17.7. The second kappa shape index (κ2) is 6.93. The zero-order valence-electron chi connectivity index (χ0n) is 17.7. The molecule has 162 valence electrons. The van der Waals surface area contributed by atoms with Crippen molar-refractivity contribution in [3.8, 4) is 28.7 Å². The van der Waals surface area contributed by atoms with E-state index >= 15 is 4.39 Å². The number of hydrogen-bond donors (Lipinski definition) is 1. The standard InChI is InChI=1S/C21H24FN7O2/c1-12-24-28-29(27-12)13-4-5-14(16(30)8-13)15-10-23-19(26-25-15)31-17-9-20(2)6-7-21(3,11-20)18(17)22/h4-5,8,10,17-18,30H,6-7,9,11H2,1-3H3/t17-,18+,20-,21-/m1/s1. The molecule has 2 heterocycles. The molecule has 0 saturated heterocycles. The number of phenolic OH excluding ortho intramolecular Hbond substituents is 1. The van der Waals surface area contributed by atoms with Crippen molar-refractivity contribution in [3.05, 3.63) is 30.2 Å². The number of rotatable bonds is 4. The average Bonchev–Trinajstić information content (AvgIpc) is 3.29. The fraction of sp³-hybridized carbons (Fsp3) is 0.524. The van der Waals surface area contributed by atoms with E-state index in [-0.39, 0.29) is 22.6 Å². The molecule has 10 heteroatoms. The van der Waals surface area contributed by atoms with Gasteiger partial charge in [0.2, 0.25) is 0 Å². The highest BCUT2D eigenvalue weighted by atomic mass is 19.1. The van der Waals surface area contributed by atoms with Gasteiger partial charge in [-0.2, -0.15) is 0 Å². The lowest BCUT2D eigenvalue weighted by Gasteiger charge is -2.42. The average molecular weight is 425 g/mol. The Hall–Kier alpha value is -3.17. The number of fused-ring (bicyclic) bond motifs is 2. The Morgan fingerprint density at radius 3 is 2.71 bits per heavy atom. The summed E-state index contributed by atoms with van der Waals surface area (Å²) in [6.07, 6.45) is 3.25. The zero-order chi connectivity index (χ0) is 21.8. The van der Waals surface area contributed by atoms with Crippen LogP contribution >= 0.6 is 0 Å². The van der Waals surface area contributed by atoms with Crippen LogP contribution in [0.1, 0.15) is 45.4 Å². The van der Waals surface area contributed by atoms with Gasteiger partial charge in [-0.25, -0.2) is 9.37 Å². The van der Waals surface area contributed by atoms with E-state index in [0.29, 0.717) is 29.2 Å². The maximum absolute atomic E-state index is 15.1. The Morgan fingerprint density at radius 2 is 2.03 bits per heavy atom. The quantitative estimate of drug-likeness (QED) is 0.678. The number of nitrogens with zero attached hydrogens (tertiary/aromatic N) is 7. The Morgan fingerprint density at radius 1 is 1.19 bits per heavy atom. The number of benzene rings is 1. The SMILES string of the molecule is Cc1nnn(-c2ccc(-c3cnc(O[C@@H]4C[C@@]5(C)CC[C@](C)(C5)[C@H]4F)nn3)c(O)c2)n1. The highest BCUT2D eigenvalue weighted by molar-refractivity contribution is 5.67. The number of ether oxygens (including phenoxy) is 1. The first-order valence-corrected chi connectivity index (χ1v) is 10.4. The van der Waals surface area contributed by atoms with E-state index in [0.717, 1.165) is 19.3 Å². The number of aryl methyl sites for hydroxylation is 1. The first-order valence-electron chi connectivity index (χ1n) is 10.4. The largest absolute Gasteiger partial charge is 0.507 e. The summed E-state index contributed by atoms with van der Waals surface area (Å²) in [5, 5.41) is 30.4. The molecule has 2 aliphatic carbocycles. The van der Waals surface area contributed by atoms with Gasteiger partial charge in [0.15, 0.2) is 5.82 Å². The Labute approximate surface area is 178 Å². The summed E-state index contributed by atoms with van der Waals surface area (Å²) in [6.45, 7) is 5.93. The number of halogens is 1. The molecule has 0 amide bonds. The van der Waals surface area contributed by atoms with Gasteiger partial charge >= 0.3 is 6.01 Å². The number of aromatic hydroxyl groups is 1. The number of alkyl halides is 1. The smallest absolute Gasteiger partial charge is 0.336 e. The van der Waals surface area contributed by atoms with Gasteiger partial charge in [-0.15, -0.1) is 20.1 Å². The second-order valence-electron chi connectivity index (χ2n) is 9.36. The topological polar surface area (TPSA) is 112 Å². The van der Waals surface area contributed by atoms with E-state index in [1.807, 2.05) is 6.92 Å². The van der Waals surface area contributed by atoms with Crippen LogP contribution in [0.2, 0.25) is 0 Å². The van der Waals surface area contributed by atoms with Gasteiger partial charge in [0, 0.05) is 17.0 Å². The first-order chi connectivity index (χ1) is 14.7. The maximum Gasteiger partial charge on any atom is 0.336 e. The number of hydrogen-bond acceptors (Lipinski definition) is 8. The van der Waals surface area contributed by atoms with Gasteiger partial charge in [0.05, 0.1) is 11.9 Å². The summed E-state index contributed by atoms with van der Waals surface area (Å²) in [5.41, 5.74) is 1.13. The van der Waals surface area contributed by atoms with Crippen molar-refractivity contribution in [1.29, 1.82) is 0 Å². The molecule has 1 N–H and O–H groups in total. The normalized spacial score (nSPS) is 29.8. The van der Waals surface area contributed by atoms with E-state index in [4.69, 9.17) is 4.74 Å². The molecule has 4 atom stereocenters. The molecular weight excluding hydrogens is 401 g/mol. The van der Waals surface area contributed by atoms with E-state index in [2.05, 4.69) is 37.5 Å². The van der Waals surface area contributed by atoms with Gasteiger partial charge in [-0.05, 0) is 55.4 Å². The van der Waals surface area contributed by atoms with Crippen molar-refractivity contribution >= 4 is 0 Å². The third-order valence-corrected chi connectivity index (χ3v) is 6.62. The highest BCUT2D eigenvalue weighted by Crippen LogP contribution is 2.59. The predicted molar refractivity (Wildman–Crippen MR) is 108 cm³/mol. The Balaban J connectivity index is 1.34. The molecule has 0 aliphatic heterocycles. The molecule has 2 aliphatic rings. The van der Waals surface area contributed by atoms with Crippen LogP contribution in [-0.2, 0) is 0 Å². The molecule has 2 aromatic heterocycles. The predicted octanol–water partition coefficient (Wildman–Crippen LogP) is 3.21. The minimum absolute atomic E-state index is 0.0225. The minimum atomic E-state index is -1.06. The van der Waals surface area contributed by atoms with Crippen molar-refractivity contribution in [2.24, 2.45) is 10.8 Å². The second-order valence-corrected chi connectivity index (χ2v) is 9.36. The van der Waals surface area contributed by atoms with E-state index < -0.39 is 12.3 Å². The van der Waals surface area contributed by atoms with Gasteiger partial charge < -0.3 is 9.84 Å². The van der Waals surface area contributed by atoms with Crippen LogP contribution in [0.25, 0.3) is 16.9 Å². The molecule has 1 aromatic carbocycles. The van der Waals surface area contributed by atoms with Crippen LogP contribution in [0.3, 0.4) is 0 Å². The Kier molecular flexibility index (Phi) is 4.42. The van der Waals surface area contributed by atoms with Gasteiger partial charge in [-0.1, -0.05) is 18.9 Å². The summed E-state index contributed by atoms with van der Waals surface area (Å²) < 4.78 is 20.9. The molecule has 2 fully saturated rings. The van der Waals surface area contributed by atoms with Crippen LogP contribution in [0.5, 0.6) is 11.8 Å². The monoisotopic (exact) mass is 425 g/mol.